The van der Waals surface area contributed by atoms with Gasteiger partial charge in [-0.3, -0.25) is 9.59 Å². The van der Waals surface area contributed by atoms with E-state index in [0.29, 0.717) is 17.9 Å². The molecule has 0 radical (unpaired) electrons. The van der Waals surface area contributed by atoms with Crippen LogP contribution in [0.15, 0.2) is 83.9 Å². The van der Waals surface area contributed by atoms with Crippen LogP contribution < -0.4 is 10.5 Å². The highest BCUT2D eigenvalue weighted by Gasteiger charge is 2.40. The van der Waals surface area contributed by atoms with Crippen LogP contribution in [0.1, 0.15) is 27.0 Å². The van der Waals surface area contributed by atoms with Crippen LogP contribution in [0.4, 0.5) is 0 Å². The van der Waals surface area contributed by atoms with Gasteiger partial charge < -0.3 is 20.3 Å². The Kier molecular flexibility index (Phi) is 7.23. The Labute approximate surface area is 186 Å². The van der Waals surface area contributed by atoms with Crippen LogP contribution in [-0.2, 0) is 21.5 Å². The molecule has 7 heteroatoms. The fraction of sp³-hybridized carbons (Fsp3) is 0.160. The number of hydrogen-bond acceptors (Lipinski definition) is 6. The van der Waals surface area contributed by atoms with Gasteiger partial charge in [0.15, 0.2) is 11.3 Å². The van der Waals surface area contributed by atoms with Crippen LogP contribution in [0.3, 0.4) is 0 Å². The summed E-state index contributed by atoms with van der Waals surface area (Å²) < 4.78 is 10.8. The largest absolute Gasteiger partial charge is 0.497 e. The highest BCUT2D eigenvalue weighted by atomic mass is 16.5. The van der Waals surface area contributed by atoms with Crippen molar-refractivity contribution in [2.45, 2.75) is 12.0 Å². The number of aliphatic imine (C=N–C) groups is 1. The first-order chi connectivity index (χ1) is 15.5. The summed E-state index contributed by atoms with van der Waals surface area (Å²) >= 11 is 0. The van der Waals surface area contributed by atoms with E-state index in [1.165, 1.54) is 0 Å². The highest BCUT2D eigenvalue weighted by molar-refractivity contribution is 5.97. The van der Waals surface area contributed by atoms with Gasteiger partial charge in [-0.2, -0.15) is 0 Å². The molecule has 0 saturated heterocycles. The number of amidine groups is 1. The standard InChI is InChI=1S/C24H22N2O3.CH2O2/c1-28-21-12-6-8-18(15-21)22(27)14-17-7-5-11-20(13-17)24(16-29-23(25)26-24)19-9-3-2-4-10-19;2-1-3/h2-13,15H,14,16H2,1H3,(H2,25,26);1H,(H,2,3). The molecular formula is C25H24N2O5. The van der Waals surface area contributed by atoms with E-state index in [1.54, 1.807) is 19.2 Å². The minimum absolute atomic E-state index is 0.0282. The monoisotopic (exact) mass is 432 g/mol. The van der Waals surface area contributed by atoms with E-state index >= 15 is 0 Å². The molecule has 7 nitrogen and oxygen atoms in total. The van der Waals surface area contributed by atoms with Gasteiger partial charge in [-0.15, -0.1) is 0 Å². The molecule has 0 aliphatic carbocycles. The molecule has 32 heavy (non-hydrogen) atoms. The number of carboxylic acid groups (broad SMARTS) is 1. The molecule has 0 bridgehead atoms. The van der Waals surface area contributed by atoms with Crippen molar-refractivity contribution in [2.75, 3.05) is 13.7 Å². The summed E-state index contributed by atoms with van der Waals surface area (Å²) in [6, 6.07) is 25.2. The van der Waals surface area contributed by atoms with E-state index < -0.39 is 5.54 Å². The maximum atomic E-state index is 12.8. The van der Waals surface area contributed by atoms with Crippen molar-refractivity contribution in [2.24, 2.45) is 10.7 Å². The number of Topliss-reactive ketones (excluding diaryl/α,β-unsaturated/α-hetero) is 1. The summed E-state index contributed by atoms with van der Waals surface area (Å²) in [5.41, 5.74) is 8.64. The smallest absolute Gasteiger partial charge is 0.290 e. The fourth-order valence-corrected chi connectivity index (χ4v) is 3.63. The zero-order valence-corrected chi connectivity index (χ0v) is 17.6. The predicted octanol–water partition coefficient (Wildman–Crippen LogP) is 3.41. The van der Waals surface area contributed by atoms with Crippen LogP contribution in [-0.4, -0.2) is 37.1 Å². The molecule has 0 aromatic heterocycles. The first kappa shape index (κ1) is 22.6. The molecule has 0 amide bonds. The summed E-state index contributed by atoms with van der Waals surface area (Å²) in [6.45, 7) is 0.0795. The third kappa shape index (κ3) is 4.95. The first-order valence-corrected chi connectivity index (χ1v) is 9.90. The fourth-order valence-electron chi connectivity index (χ4n) is 3.63. The minimum Gasteiger partial charge on any atom is -0.497 e. The van der Waals surface area contributed by atoms with E-state index in [1.807, 2.05) is 66.7 Å². The number of ketones is 1. The lowest BCUT2D eigenvalue weighted by Crippen LogP contribution is -2.27. The molecule has 0 saturated carbocycles. The van der Waals surface area contributed by atoms with Crippen molar-refractivity contribution in [3.63, 3.8) is 0 Å². The SMILES string of the molecule is COc1cccc(C(=O)Cc2cccc(C3(c4ccccc4)COC(N)=N3)c2)c1.O=CO. The maximum absolute atomic E-state index is 12.8. The Balaban J connectivity index is 0.000000913. The van der Waals surface area contributed by atoms with E-state index in [4.69, 9.17) is 25.1 Å². The van der Waals surface area contributed by atoms with Gasteiger partial charge >= 0.3 is 0 Å². The Morgan fingerprint density at radius 2 is 1.78 bits per heavy atom. The first-order valence-electron chi connectivity index (χ1n) is 9.90. The average Bonchev–Trinajstić information content (AvgIpc) is 3.23. The number of ether oxygens (including phenoxy) is 2. The lowest BCUT2D eigenvalue weighted by atomic mass is 9.83. The molecule has 3 aromatic carbocycles. The van der Waals surface area contributed by atoms with E-state index in [-0.39, 0.29) is 24.7 Å². The molecule has 0 fully saturated rings. The zero-order valence-electron chi connectivity index (χ0n) is 17.6. The number of carbonyl (C=O) groups is 2. The second-order valence-corrected chi connectivity index (χ2v) is 7.10. The van der Waals surface area contributed by atoms with Crippen LogP contribution in [0, 0.1) is 0 Å². The molecular weight excluding hydrogens is 408 g/mol. The molecule has 164 valence electrons. The lowest BCUT2D eigenvalue weighted by molar-refractivity contribution is -0.122. The topological polar surface area (TPSA) is 111 Å². The van der Waals surface area contributed by atoms with E-state index in [2.05, 4.69) is 4.99 Å². The third-order valence-corrected chi connectivity index (χ3v) is 5.14. The van der Waals surface area contributed by atoms with Crippen LogP contribution in [0.2, 0.25) is 0 Å². The van der Waals surface area contributed by atoms with Crippen molar-refractivity contribution in [1.29, 1.82) is 0 Å². The second kappa shape index (κ2) is 10.3. The Bertz CT molecular complexity index is 1110. The van der Waals surface area contributed by atoms with Gasteiger partial charge in [0.2, 0.25) is 0 Å². The molecule has 1 aliphatic heterocycles. The number of rotatable bonds is 6. The Morgan fingerprint density at radius 1 is 1.09 bits per heavy atom. The molecule has 1 aliphatic rings. The number of nitrogens with zero attached hydrogens (tertiary/aromatic N) is 1. The van der Waals surface area contributed by atoms with Crippen molar-refractivity contribution >= 4 is 18.3 Å². The Morgan fingerprint density at radius 3 is 2.44 bits per heavy atom. The van der Waals surface area contributed by atoms with Crippen molar-refractivity contribution in [3.8, 4) is 5.75 Å². The van der Waals surface area contributed by atoms with Gasteiger partial charge in [-0.25, -0.2) is 4.99 Å². The van der Waals surface area contributed by atoms with E-state index in [0.717, 1.165) is 16.7 Å². The predicted molar refractivity (Wildman–Crippen MR) is 121 cm³/mol. The van der Waals surface area contributed by atoms with Gasteiger partial charge in [0.1, 0.15) is 12.4 Å². The summed E-state index contributed by atoms with van der Waals surface area (Å²) in [5.74, 6) is 0.695. The average molecular weight is 432 g/mol. The molecule has 4 rings (SSSR count). The van der Waals surface area contributed by atoms with Gasteiger partial charge in [0, 0.05) is 12.0 Å². The highest BCUT2D eigenvalue weighted by Crippen LogP contribution is 2.37. The third-order valence-electron chi connectivity index (χ3n) is 5.14. The van der Waals surface area contributed by atoms with Crippen molar-refractivity contribution in [3.05, 3.63) is 101 Å². The van der Waals surface area contributed by atoms with Crippen LogP contribution in [0.25, 0.3) is 0 Å². The molecule has 3 aromatic rings. The molecule has 1 heterocycles. The van der Waals surface area contributed by atoms with Crippen LogP contribution >= 0.6 is 0 Å². The summed E-state index contributed by atoms with van der Waals surface area (Å²) in [5, 5.41) is 6.89. The van der Waals surface area contributed by atoms with Crippen molar-refractivity contribution < 1.29 is 24.2 Å². The normalized spacial score (nSPS) is 16.7. The van der Waals surface area contributed by atoms with Gasteiger partial charge in [0.25, 0.3) is 12.5 Å². The number of benzene rings is 3. The van der Waals surface area contributed by atoms with Gasteiger partial charge in [0.05, 0.1) is 7.11 Å². The second-order valence-electron chi connectivity index (χ2n) is 7.10. The summed E-state index contributed by atoms with van der Waals surface area (Å²) in [7, 11) is 1.59. The minimum atomic E-state index is -0.708. The number of hydrogen-bond donors (Lipinski definition) is 2. The number of carbonyl (C=O) groups excluding carboxylic acids is 1. The number of methoxy groups -OCH3 is 1. The zero-order chi connectivity index (χ0) is 23.0. The molecule has 1 atom stereocenters. The maximum Gasteiger partial charge on any atom is 0.290 e. The number of nitrogens with two attached hydrogens (primary N) is 1. The molecule has 3 N–H and O–H groups in total. The summed E-state index contributed by atoms with van der Waals surface area (Å²) in [6.07, 6.45) is 0.284. The molecule has 0 spiro atoms. The van der Waals surface area contributed by atoms with Gasteiger partial charge in [-0.05, 0) is 28.8 Å². The molecule has 1 unspecified atom stereocenters. The Hall–Kier alpha value is -4.13. The summed E-state index contributed by atoms with van der Waals surface area (Å²) in [4.78, 5) is 25.8. The van der Waals surface area contributed by atoms with E-state index in [9.17, 15) is 4.79 Å². The quantitative estimate of drug-likeness (QED) is 0.456. The van der Waals surface area contributed by atoms with Crippen LogP contribution in [0.5, 0.6) is 5.75 Å². The van der Waals surface area contributed by atoms with Crippen molar-refractivity contribution in [1.82, 2.24) is 0 Å². The van der Waals surface area contributed by atoms with Gasteiger partial charge in [-0.1, -0.05) is 66.7 Å². The lowest BCUT2D eigenvalue weighted by Gasteiger charge is -2.25.